The van der Waals surface area contributed by atoms with Crippen LogP contribution < -0.4 is 5.32 Å². The number of nitrogens with zero attached hydrogens (tertiary/aromatic N) is 1. The lowest BCUT2D eigenvalue weighted by atomic mass is 9.94. The van der Waals surface area contributed by atoms with Crippen LogP contribution in [0.5, 0.6) is 0 Å². The van der Waals surface area contributed by atoms with Crippen molar-refractivity contribution in [3.63, 3.8) is 0 Å². The van der Waals surface area contributed by atoms with Crippen LogP contribution in [0.25, 0.3) is 0 Å². The normalized spacial score (nSPS) is 16.4. The summed E-state index contributed by atoms with van der Waals surface area (Å²) in [7, 11) is 1.37. The van der Waals surface area contributed by atoms with Gasteiger partial charge in [0.1, 0.15) is 10.9 Å². The van der Waals surface area contributed by atoms with Gasteiger partial charge in [0.15, 0.2) is 0 Å². The van der Waals surface area contributed by atoms with Gasteiger partial charge >= 0.3 is 5.97 Å². The average molecular weight is 368 g/mol. The van der Waals surface area contributed by atoms with Gasteiger partial charge < -0.3 is 19.7 Å². The van der Waals surface area contributed by atoms with E-state index in [0.717, 1.165) is 4.88 Å². The van der Waals surface area contributed by atoms with Gasteiger partial charge in [-0.05, 0) is 17.9 Å². The molecule has 0 spiro atoms. The van der Waals surface area contributed by atoms with Gasteiger partial charge in [-0.3, -0.25) is 4.79 Å². The van der Waals surface area contributed by atoms with E-state index in [4.69, 9.17) is 9.47 Å². The Morgan fingerprint density at radius 3 is 2.52 bits per heavy atom. The lowest BCUT2D eigenvalue weighted by molar-refractivity contribution is -0.136. The molecule has 7 heteroatoms. The van der Waals surface area contributed by atoms with Crippen molar-refractivity contribution < 1.29 is 19.1 Å². The number of thiophene rings is 1. The van der Waals surface area contributed by atoms with E-state index >= 15 is 0 Å². The molecule has 0 bridgehead atoms. The molecule has 140 valence electrons. The van der Waals surface area contributed by atoms with Crippen molar-refractivity contribution in [2.24, 2.45) is 0 Å². The fourth-order valence-corrected chi connectivity index (χ4v) is 3.74. The van der Waals surface area contributed by atoms with Crippen LogP contribution >= 0.6 is 11.3 Å². The van der Waals surface area contributed by atoms with E-state index in [9.17, 15) is 9.59 Å². The fraction of sp³-hybridized carbons (Fsp3) is 0.667. The van der Waals surface area contributed by atoms with E-state index < -0.39 is 0 Å². The van der Waals surface area contributed by atoms with Crippen LogP contribution in [0.4, 0.5) is 5.69 Å². The molecule has 1 aliphatic heterocycles. The molecule has 1 saturated heterocycles. The Labute approximate surface area is 153 Å². The molecule has 1 aromatic rings. The van der Waals surface area contributed by atoms with Crippen LogP contribution in [0.2, 0.25) is 0 Å². The fourth-order valence-electron chi connectivity index (χ4n) is 2.64. The van der Waals surface area contributed by atoms with Gasteiger partial charge in [-0.1, -0.05) is 27.7 Å². The maximum absolute atomic E-state index is 12.8. The van der Waals surface area contributed by atoms with Crippen LogP contribution in [-0.4, -0.2) is 56.2 Å². The number of carbonyl (C=O) groups excluding carboxylic acids is 2. The number of nitrogens with one attached hydrogen (secondary N) is 1. The lowest BCUT2D eigenvalue weighted by Gasteiger charge is -2.30. The molecule has 0 saturated carbocycles. The molecule has 0 aliphatic carbocycles. The summed E-state index contributed by atoms with van der Waals surface area (Å²) in [5.74, 6) is -0.332. The van der Waals surface area contributed by atoms with Gasteiger partial charge in [-0.25, -0.2) is 4.79 Å². The molecule has 0 radical (unpaired) electrons. The number of carbonyl (C=O) groups is 2. The van der Waals surface area contributed by atoms with Crippen molar-refractivity contribution in [3.05, 3.63) is 15.8 Å². The van der Waals surface area contributed by atoms with E-state index in [1.54, 1.807) is 0 Å². The van der Waals surface area contributed by atoms with Crippen LogP contribution in [0.1, 0.15) is 48.7 Å². The van der Waals surface area contributed by atoms with Crippen molar-refractivity contribution in [1.82, 2.24) is 4.90 Å². The Morgan fingerprint density at radius 2 is 2.00 bits per heavy atom. The highest BCUT2D eigenvalue weighted by atomic mass is 32.1. The largest absolute Gasteiger partial charge is 0.465 e. The molecule has 2 heterocycles. The van der Waals surface area contributed by atoms with Gasteiger partial charge in [-0.2, -0.15) is 0 Å². The first-order valence-electron chi connectivity index (χ1n) is 8.63. The summed E-state index contributed by atoms with van der Waals surface area (Å²) in [5.41, 5.74) is 0.596. The highest BCUT2D eigenvalue weighted by Crippen LogP contribution is 2.36. The molecule has 1 amide bonds. The van der Waals surface area contributed by atoms with E-state index in [1.165, 1.54) is 18.4 Å². The minimum absolute atomic E-state index is 0.0464. The second kappa shape index (κ2) is 8.19. The number of esters is 1. The standard InChI is InChI=1S/C18H28N2O4S/c1-6-12(16(21)20-7-9-24-10-8-20)19-13-11-14(18(2,3)4)25-15(13)17(22)23-5/h11-12,19H,6-10H2,1-5H3/t12-/m0/s1. The van der Waals surface area contributed by atoms with Crippen LogP contribution in [0.15, 0.2) is 6.07 Å². The first kappa shape index (κ1) is 19.7. The summed E-state index contributed by atoms with van der Waals surface area (Å²) in [4.78, 5) is 28.3. The van der Waals surface area contributed by atoms with Gasteiger partial charge in [-0.15, -0.1) is 11.3 Å². The predicted octanol–water partition coefficient (Wildman–Crippen LogP) is 2.88. The van der Waals surface area contributed by atoms with Crippen molar-refractivity contribution >= 4 is 28.9 Å². The Balaban J connectivity index is 2.24. The molecule has 1 fully saturated rings. The number of hydrogen-bond donors (Lipinski definition) is 1. The zero-order chi connectivity index (χ0) is 18.6. The maximum atomic E-state index is 12.8. The van der Waals surface area contributed by atoms with E-state index in [0.29, 0.717) is 43.3 Å². The molecule has 6 nitrogen and oxygen atoms in total. The Hall–Kier alpha value is -1.60. The number of morpholine rings is 1. The van der Waals surface area contributed by atoms with Crippen LogP contribution in [0.3, 0.4) is 0 Å². The second-order valence-electron chi connectivity index (χ2n) is 7.14. The molecule has 0 unspecified atom stereocenters. The third kappa shape index (κ3) is 4.73. The first-order chi connectivity index (χ1) is 11.8. The summed E-state index contributed by atoms with van der Waals surface area (Å²) < 4.78 is 10.2. The first-order valence-corrected chi connectivity index (χ1v) is 9.45. The Bertz CT molecular complexity index is 615. The highest BCUT2D eigenvalue weighted by Gasteiger charge is 2.28. The average Bonchev–Trinajstić information content (AvgIpc) is 3.03. The zero-order valence-corrected chi connectivity index (χ0v) is 16.5. The van der Waals surface area contributed by atoms with E-state index in [1.807, 2.05) is 17.9 Å². The summed E-state index contributed by atoms with van der Waals surface area (Å²) >= 11 is 1.42. The topological polar surface area (TPSA) is 67.9 Å². The smallest absolute Gasteiger partial charge is 0.350 e. The molecule has 1 atom stereocenters. The van der Waals surface area contributed by atoms with Gasteiger partial charge in [0, 0.05) is 18.0 Å². The minimum atomic E-state index is -0.378. The van der Waals surface area contributed by atoms with Crippen molar-refractivity contribution in [3.8, 4) is 0 Å². The zero-order valence-electron chi connectivity index (χ0n) is 15.7. The summed E-state index contributed by atoms with van der Waals surface area (Å²) in [6, 6.07) is 1.59. The highest BCUT2D eigenvalue weighted by molar-refractivity contribution is 7.14. The number of amides is 1. The number of rotatable bonds is 5. The Morgan fingerprint density at radius 1 is 1.36 bits per heavy atom. The monoisotopic (exact) mass is 368 g/mol. The molecule has 25 heavy (non-hydrogen) atoms. The van der Waals surface area contributed by atoms with Crippen LogP contribution in [0, 0.1) is 0 Å². The van der Waals surface area contributed by atoms with Gasteiger partial charge in [0.05, 0.1) is 26.0 Å². The third-order valence-electron chi connectivity index (χ3n) is 4.20. The third-order valence-corrected chi connectivity index (χ3v) is 5.74. The summed E-state index contributed by atoms with van der Waals surface area (Å²) in [5, 5.41) is 3.28. The van der Waals surface area contributed by atoms with Gasteiger partial charge in [0.25, 0.3) is 0 Å². The van der Waals surface area contributed by atoms with E-state index in [-0.39, 0.29) is 23.3 Å². The number of ether oxygens (including phenoxy) is 2. The Kier molecular flexibility index (Phi) is 6.46. The van der Waals surface area contributed by atoms with Crippen molar-refractivity contribution in [2.75, 3.05) is 38.7 Å². The van der Waals surface area contributed by atoms with Gasteiger partial charge in [0.2, 0.25) is 5.91 Å². The minimum Gasteiger partial charge on any atom is -0.465 e. The number of anilines is 1. The quantitative estimate of drug-likeness (QED) is 0.810. The van der Waals surface area contributed by atoms with Crippen molar-refractivity contribution in [2.45, 2.75) is 45.6 Å². The summed E-state index contributed by atoms with van der Waals surface area (Å²) in [6.07, 6.45) is 0.636. The molecule has 1 N–H and O–H groups in total. The number of hydrogen-bond acceptors (Lipinski definition) is 6. The molecule has 1 aliphatic rings. The molecule has 1 aromatic heterocycles. The molecular formula is C18H28N2O4S. The summed E-state index contributed by atoms with van der Waals surface area (Å²) in [6.45, 7) is 10.6. The van der Waals surface area contributed by atoms with Crippen molar-refractivity contribution in [1.29, 1.82) is 0 Å². The lowest BCUT2D eigenvalue weighted by Crippen LogP contribution is -2.47. The second-order valence-corrected chi connectivity index (χ2v) is 8.19. The SMILES string of the molecule is CC[C@H](Nc1cc(C(C)(C)C)sc1C(=O)OC)C(=O)N1CCOCC1. The molecule has 2 rings (SSSR count). The number of methoxy groups -OCH3 is 1. The van der Waals surface area contributed by atoms with Crippen LogP contribution in [-0.2, 0) is 19.7 Å². The van der Waals surface area contributed by atoms with E-state index in [2.05, 4.69) is 26.1 Å². The molecule has 0 aromatic carbocycles. The predicted molar refractivity (Wildman–Crippen MR) is 99.5 cm³/mol. The molecular weight excluding hydrogens is 340 g/mol. The maximum Gasteiger partial charge on any atom is 0.350 e.